The smallest absolute Gasteiger partial charge is 0.251 e. The van der Waals surface area contributed by atoms with Gasteiger partial charge in [0.05, 0.1) is 25.3 Å². The van der Waals surface area contributed by atoms with E-state index in [9.17, 15) is 14.0 Å². The number of hydrogen-bond donors (Lipinski definition) is 0. The number of carbonyl (C=O) groups is 2. The first-order chi connectivity index (χ1) is 12.4. The Bertz CT molecular complexity index is 838. The molecule has 0 aromatic heterocycles. The molecule has 0 bridgehead atoms. The Hall–Kier alpha value is -2.44. The van der Waals surface area contributed by atoms with Crippen LogP contribution in [-0.2, 0) is 16.1 Å². The number of likely N-dealkylation sites (N-methyl/N-ethyl adjacent to an activating group) is 1. The molecule has 5 nitrogen and oxygen atoms in total. The summed E-state index contributed by atoms with van der Waals surface area (Å²) < 4.78 is 19.2. The molecule has 1 aliphatic rings. The Morgan fingerprint density at radius 2 is 2.00 bits per heavy atom. The molecule has 2 aromatic carbocycles. The van der Waals surface area contributed by atoms with Gasteiger partial charge in [-0.25, -0.2) is 9.29 Å². The lowest BCUT2D eigenvalue weighted by molar-refractivity contribution is -0.122. The highest BCUT2D eigenvalue weighted by Crippen LogP contribution is 2.29. The Labute approximate surface area is 155 Å². The number of anilines is 1. The van der Waals surface area contributed by atoms with Gasteiger partial charge in [-0.2, -0.15) is 0 Å². The molecule has 26 heavy (non-hydrogen) atoms. The van der Waals surface area contributed by atoms with Crippen LogP contribution in [0.3, 0.4) is 0 Å². The number of carbonyl (C=O) groups excluding carboxylic acids is 2. The second kappa shape index (κ2) is 7.43. The number of benzene rings is 2. The Morgan fingerprint density at radius 1 is 1.27 bits per heavy atom. The summed E-state index contributed by atoms with van der Waals surface area (Å²) in [6, 6.07) is 10.5. The number of ether oxygens (including phenoxy) is 1. The summed E-state index contributed by atoms with van der Waals surface area (Å²) in [6.45, 7) is 0.126. The van der Waals surface area contributed by atoms with Gasteiger partial charge in [0.1, 0.15) is 11.6 Å². The Balaban J connectivity index is 1.82. The summed E-state index contributed by atoms with van der Waals surface area (Å²) in [5.74, 6) is -0.540. The Kier molecular flexibility index (Phi) is 5.25. The SMILES string of the molecule is COc1cccc(N2C(=O)CC(N(C)Cc3c(F)cccc3Cl)C2=O)c1. The maximum Gasteiger partial charge on any atom is 0.251 e. The van der Waals surface area contributed by atoms with Gasteiger partial charge in [-0.05, 0) is 31.3 Å². The molecule has 0 radical (unpaired) electrons. The number of imide groups is 1. The summed E-state index contributed by atoms with van der Waals surface area (Å²) >= 11 is 6.06. The van der Waals surface area contributed by atoms with Gasteiger partial charge in [-0.1, -0.05) is 23.7 Å². The summed E-state index contributed by atoms with van der Waals surface area (Å²) in [5.41, 5.74) is 0.760. The van der Waals surface area contributed by atoms with Crippen molar-refractivity contribution in [3.63, 3.8) is 0 Å². The zero-order valence-electron chi connectivity index (χ0n) is 14.4. The molecule has 0 spiro atoms. The van der Waals surface area contributed by atoms with Crippen molar-refractivity contribution in [1.82, 2.24) is 4.90 Å². The molecule has 2 amide bonds. The number of nitrogens with zero attached hydrogens (tertiary/aromatic N) is 2. The monoisotopic (exact) mass is 376 g/mol. The lowest BCUT2D eigenvalue weighted by Crippen LogP contribution is -2.39. The van der Waals surface area contributed by atoms with Crippen molar-refractivity contribution in [1.29, 1.82) is 0 Å². The van der Waals surface area contributed by atoms with Gasteiger partial charge in [0.2, 0.25) is 5.91 Å². The van der Waals surface area contributed by atoms with E-state index in [0.717, 1.165) is 4.90 Å². The number of hydrogen-bond acceptors (Lipinski definition) is 4. The van der Waals surface area contributed by atoms with Crippen molar-refractivity contribution in [2.75, 3.05) is 19.1 Å². The highest BCUT2D eigenvalue weighted by molar-refractivity contribution is 6.31. The number of rotatable bonds is 5. The number of amides is 2. The largest absolute Gasteiger partial charge is 0.497 e. The fraction of sp³-hybridized carbons (Fsp3) is 0.263. The van der Waals surface area contributed by atoms with Crippen LogP contribution >= 0.6 is 11.6 Å². The molecule has 0 N–H and O–H groups in total. The van der Waals surface area contributed by atoms with Crippen molar-refractivity contribution in [2.24, 2.45) is 0 Å². The van der Waals surface area contributed by atoms with Crippen molar-refractivity contribution in [2.45, 2.75) is 19.0 Å². The quantitative estimate of drug-likeness (QED) is 0.752. The first-order valence-electron chi connectivity index (χ1n) is 8.06. The van der Waals surface area contributed by atoms with Crippen LogP contribution in [0.5, 0.6) is 5.75 Å². The summed E-state index contributed by atoms with van der Waals surface area (Å²) in [4.78, 5) is 28.0. The molecule has 136 valence electrons. The van der Waals surface area contributed by atoms with E-state index in [1.165, 1.54) is 19.2 Å². The molecule has 1 aliphatic heterocycles. The fourth-order valence-electron chi connectivity index (χ4n) is 3.02. The molecule has 1 atom stereocenters. The molecular formula is C19H18ClFN2O3. The molecule has 0 aliphatic carbocycles. The van der Waals surface area contributed by atoms with Crippen LogP contribution in [0.2, 0.25) is 5.02 Å². The second-order valence-electron chi connectivity index (χ2n) is 6.10. The van der Waals surface area contributed by atoms with Crippen LogP contribution in [0.4, 0.5) is 10.1 Å². The molecular weight excluding hydrogens is 359 g/mol. The van der Waals surface area contributed by atoms with E-state index >= 15 is 0 Å². The predicted molar refractivity (Wildman–Crippen MR) is 96.8 cm³/mol. The zero-order valence-corrected chi connectivity index (χ0v) is 15.2. The van der Waals surface area contributed by atoms with E-state index in [1.54, 1.807) is 42.3 Å². The van der Waals surface area contributed by atoms with E-state index in [4.69, 9.17) is 16.3 Å². The lowest BCUT2D eigenvalue weighted by atomic mass is 10.1. The van der Waals surface area contributed by atoms with Crippen LogP contribution in [-0.4, -0.2) is 36.9 Å². The summed E-state index contributed by atoms with van der Waals surface area (Å²) in [6.07, 6.45) is 0.0264. The average molecular weight is 377 g/mol. The zero-order chi connectivity index (χ0) is 18.8. The van der Waals surface area contributed by atoms with Gasteiger partial charge in [0, 0.05) is 23.2 Å². The number of halogens is 2. The maximum absolute atomic E-state index is 14.0. The minimum absolute atomic E-state index is 0.0264. The van der Waals surface area contributed by atoms with E-state index in [0.29, 0.717) is 22.0 Å². The van der Waals surface area contributed by atoms with Crippen LogP contribution < -0.4 is 9.64 Å². The predicted octanol–water partition coefficient (Wildman–Crippen LogP) is 3.25. The molecule has 2 aromatic rings. The first-order valence-corrected chi connectivity index (χ1v) is 8.44. The van der Waals surface area contributed by atoms with Gasteiger partial charge in [-0.3, -0.25) is 14.5 Å². The van der Waals surface area contributed by atoms with Crippen LogP contribution in [0.15, 0.2) is 42.5 Å². The molecule has 7 heteroatoms. The summed E-state index contributed by atoms with van der Waals surface area (Å²) in [7, 11) is 3.19. The highest BCUT2D eigenvalue weighted by atomic mass is 35.5. The molecule has 1 saturated heterocycles. The van der Waals surface area contributed by atoms with Gasteiger partial charge in [-0.15, -0.1) is 0 Å². The summed E-state index contributed by atoms with van der Waals surface area (Å²) in [5, 5.41) is 0.290. The second-order valence-corrected chi connectivity index (χ2v) is 6.51. The average Bonchev–Trinajstić information content (AvgIpc) is 2.92. The van der Waals surface area contributed by atoms with E-state index in [2.05, 4.69) is 0 Å². The van der Waals surface area contributed by atoms with Crippen molar-refractivity contribution in [3.8, 4) is 5.75 Å². The van der Waals surface area contributed by atoms with Gasteiger partial charge < -0.3 is 4.74 Å². The normalized spacial score (nSPS) is 17.3. The maximum atomic E-state index is 14.0. The van der Waals surface area contributed by atoms with Crippen LogP contribution in [0, 0.1) is 5.82 Å². The van der Waals surface area contributed by atoms with Crippen molar-refractivity contribution < 1.29 is 18.7 Å². The minimum Gasteiger partial charge on any atom is -0.497 e. The van der Waals surface area contributed by atoms with Gasteiger partial charge in [0.15, 0.2) is 0 Å². The fourth-order valence-corrected chi connectivity index (χ4v) is 3.25. The number of methoxy groups -OCH3 is 1. The van der Waals surface area contributed by atoms with Gasteiger partial charge >= 0.3 is 0 Å². The van der Waals surface area contributed by atoms with E-state index in [-0.39, 0.29) is 24.8 Å². The molecule has 3 rings (SSSR count). The first kappa shape index (κ1) is 18.4. The lowest BCUT2D eigenvalue weighted by Gasteiger charge is -2.23. The minimum atomic E-state index is -0.677. The van der Waals surface area contributed by atoms with Crippen molar-refractivity contribution in [3.05, 3.63) is 58.9 Å². The Morgan fingerprint density at radius 3 is 2.69 bits per heavy atom. The van der Waals surface area contributed by atoms with Crippen LogP contribution in [0.25, 0.3) is 0 Å². The third-order valence-electron chi connectivity index (χ3n) is 4.44. The molecule has 0 saturated carbocycles. The van der Waals surface area contributed by atoms with Crippen LogP contribution in [0.1, 0.15) is 12.0 Å². The molecule has 1 fully saturated rings. The topological polar surface area (TPSA) is 49.9 Å². The third kappa shape index (κ3) is 3.43. The highest BCUT2D eigenvalue weighted by Gasteiger charge is 2.42. The van der Waals surface area contributed by atoms with E-state index in [1.807, 2.05) is 0 Å². The van der Waals surface area contributed by atoms with Gasteiger partial charge in [0.25, 0.3) is 5.91 Å². The standard InChI is InChI=1S/C19H18ClFN2O3/c1-22(11-14-15(20)7-4-8-16(14)21)17-10-18(24)23(19(17)25)12-5-3-6-13(9-12)26-2/h3-9,17H,10-11H2,1-2H3. The van der Waals surface area contributed by atoms with E-state index < -0.39 is 11.9 Å². The molecule has 1 unspecified atom stereocenters. The van der Waals surface area contributed by atoms with Crippen molar-refractivity contribution >= 4 is 29.1 Å². The molecule has 1 heterocycles. The third-order valence-corrected chi connectivity index (χ3v) is 4.79.